The Morgan fingerprint density at radius 1 is 1.22 bits per heavy atom. The maximum atomic E-state index is 13.0. The SMILES string of the molecule is NC1CCN(C(=O)c2cc3c(ccc4cnc(Nc5cccc(S(=O)O)c5)nc43)s2)CC1. The molecule has 1 saturated heterocycles. The van der Waals surface area contributed by atoms with E-state index in [0.717, 1.165) is 33.8 Å². The van der Waals surface area contributed by atoms with Crippen LogP contribution in [0.1, 0.15) is 22.5 Å². The van der Waals surface area contributed by atoms with E-state index in [1.807, 2.05) is 23.1 Å². The minimum absolute atomic E-state index is 0.0347. The highest BCUT2D eigenvalue weighted by atomic mass is 32.2. The molecule has 4 aromatic rings. The Bertz CT molecular complexity index is 1350. The quantitative estimate of drug-likeness (QED) is 0.391. The van der Waals surface area contributed by atoms with Crippen LogP contribution in [0.4, 0.5) is 11.6 Å². The van der Waals surface area contributed by atoms with Crippen LogP contribution in [0.15, 0.2) is 53.6 Å². The molecule has 4 N–H and O–H groups in total. The van der Waals surface area contributed by atoms with Crippen molar-refractivity contribution in [1.82, 2.24) is 14.9 Å². The number of amides is 1. The molecule has 10 heteroatoms. The molecule has 0 radical (unpaired) electrons. The molecule has 1 unspecified atom stereocenters. The molecule has 0 saturated carbocycles. The molecule has 5 rings (SSSR count). The van der Waals surface area contributed by atoms with E-state index in [9.17, 15) is 13.6 Å². The van der Waals surface area contributed by atoms with E-state index in [1.165, 1.54) is 11.3 Å². The molecule has 8 nitrogen and oxygen atoms in total. The lowest BCUT2D eigenvalue weighted by Crippen LogP contribution is -2.42. The standard InChI is InChI=1S/C22H21N5O3S2/c23-14-6-8-27(9-7-14)21(28)19-11-17-18(31-19)5-4-13-12-24-22(26-20(13)17)25-15-2-1-3-16(10-15)32(29)30/h1-5,10-12,14H,6-9,23H2,(H,29,30)(H,24,25,26). The van der Waals surface area contributed by atoms with Gasteiger partial charge in [0, 0.05) is 46.5 Å². The number of benzene rings is 2. The summed E-state index contributed by atoms with van der Waals surface area (Å²) in [5, 5.41) is 4.86. The highest BCUT2D eigenvalue weighted by molar-refractivity contribution is 7.79. The molecule has 32 heavy (non-hydrogen) atoms. The third kappa shape index (κ3) is 4.09. The summed E-state index contributed by atoms with van der Waals surface area (Å²) in [6.07, 6.45) is 3.38. The van der Waals surface area contributed by atoms with Gasteiger partial charge in [-0.25, -0.2) is 14.2 Å². The number of thiophene rings is 1. The molecule has 2 aromatic heterocycles. The van der Waals surface area contributed by atoms with Gasteiger partial charge >= 0.3 is 0 Å². The lowest BCUT2D eigenvalue weighted by atomic mass is 10.1. The van der Waals surface area contributed by atoms with Crippen LogP contribution in [-0.4, -0.2) is 48.7 Å². The zero-order valence-corrected chi connectivity index (χ0v) is 18.7. The molecule has 3 heterocycles. The van der Waals surface area contributed by atoms with Gasteiger partial charge in [0.2, 0.25) is 5.95 Å². The third-order valence-corrected chi connectivity index (χ3v) is 7.32. The summed E-state index contributed by atoms with van der Waals surface area (Å²) in [7, 11) is 0. The fourth-order valence-electron chi connectivity index (χ4n) is 3.84. The van der Waals surface area contributed by atoms with Crippen LogP contribution < -0.4 is 11.1 Å². The first kappa shape index (κ1) is 21.0. The van der Waals surface area contributed by atoms with E-state index in [2.05, 4.69) is 15.3 Å². The molecule has 164 valence electrons. The van der Waals surface area contributed by atoms with Gasteiger partial charge in [-0.15, -0.1) is 11.3 Å². The van der Waals surface area contributed by atoms with Gasteiger partial charge in [0.1, 0.15) is 0 Å². The Morgan fingerprint density at radius 3 is 2.81 bits per heavy atom. The van der Waals surface area contributed by atoms with Crippen LogP contribution in [0.2, 0.25) is 0 Å². The summed E-state index contributed by atoms with van der Waals surface area (Å²) < 4.78 is 21.6. The topological polar surface area (TPSA) is 121 Å². The summed E-state index contributed by atoms with van der Waals surface area (Å²) >= 11 is -0.602. The van der Waals surface area contributed by atoms with Crippen molar-refractivity contribution in [2.75, 3.05) is 18.4 Å². The van der Waals surface area contributed by atoms with E-state index in [4.69, 9.17) is 5.73 Å². The van der Waals surface area contributed by atoms with Crippen LogP contribution in [0.5, 0.6) is 0 Å². The Morgan fingerprint density at radius 2 is 2.03 bits per heavy atom. The maximum absolute atomic E-state index is 13.0. The molecule has 0 spiro atoms. The lowest BCUT2D eigenvalue weighted by molar-refractivity contribution is 0.0720. The second-order valence-electron chi connectivity index (χ2n) is 7.75. The average molecular weight is 468 g/mol. The van der Waals surface area contributed by atoms with Crippen molar-refractivity contribution in [2.24, 2.45) is 5.73 Å². The fourth-order valence-corrected chi connectivity index (χ4v) is 5.30. The van der Waals surface area contributed by atoms with Crippen LogP contribution >= 0.6 is 11.3 Å². The number of piperidine rings is 1. The molecular weight excluding hydrogens is 446 g/mol. The normalized spacial score (nSPS) is 15.9. The van der Waals surface area contributed by atoms with E-state index < -0.39 is 11.1 Å². The first-order valence-corrected chi connectivity index (χ1v) is 12.1. The van der Waals surface area contributed by atoms with Crippen molar-refractivity contribution in [3.63, 3.8) is 0 Å². The minimum Gasteiger partial charge on any atom is -0.338 e. The number of hydrogen-bond donors (Lipinski definition) is 3. The van der Waals surface area contributed by atoms with E-state index in [0.29, 0.717) is 29.6 Å². The molecule has 1 aliphatic heterocycles. The minimum atomic E-state index is -2.07. The summed E-state index contributed by atoms with van der Waals surface area (Å²) in [4.78, 5) is 24.9. The number of rotatable bonds is 4. The molecular formula is C22H21N5O3S2. The highest BCUT2D eigenvalue weighted by Crippen LogP contribution is 2.32. The number of carbonyl (C=O) groups is 1. The summed E-state index contributed by atoms with van der Waals surface area (Å²) in [6, 6.07) is 12.6. The number of hydrogen-bond acceptors (Lipinski definition) is 7. The van der Waals surface area contributed by atoms with Crippen LogP contribution in [0, 0.1) is 0 Å². The van der Waals surface area contributed by atoms with Crippen molar-refractivity contribution in [2.45, 2.75) is 23.8 Å². The number of likely N-dealkylation sites (tertiary alicyclic amines) is 1. The largest absolute Gasteiger partial charge is 0.338 e. The second-order valence-corrected chi connectivity index (χ2v) is 9.80. The van der Waals surface area contributed by atoms with Gasteiger partial charge in [-0.2, -0.15) is 0 Å². The van der Waals surface area contributed by atoms with Crippen molar-refractivity contribution in [3.05, 3.63) is 53.5 Å². The van der Waals surface area contributed by atoms with E-state index in [-0.39, 0.29) is 16.8 Å². The van der Waals surface area contributed by atoms with Crippen molar-refractivity contribution in [1.29, 1.82) is 0 Å². The van der Waals surface area contributed by atoms with Crippen molar-refractivity contribution >= 4 is 60.9 Å². The molecule has 1 fully saturated rings. The highest BCUT2D eigenvalue weighted by Gasteiger charge is 2.23. The number of nitrogens with two attached hydrogens (primary N) is 1. The van der Waals surface area contributed by atoms with Gasteiger partial charge in [-0.1, -0.05) is 6.07 Å². The Balaban J connectivity index is 1.48. The van der Waals surface area contributed by atoms with Gasteiger partial charge in [0.15, 0.2) is 11.1 Å². The van der Waals surface area contributed by atoms with Gasteiger partial charge in [0.05, 0.1) is 15.3 Å². The number of nitrogens with one attached hydrogen (secondary N) is 1. The first-order valence-electron chi connectivity index (χ1n) is 10.2. The van der Waals surface area contributed by atoms with Crippen molar-refractivity contribution < 1.29 is 13.6 Å². The number of nitrogens with zero attached hydrogens (tertiary/aromatic N) is 3. The van der Waals surface area contributed by atoms with Gasteiger partial charge < -0.3 is 20.5 Å². The van der Waals surface area contributed by atoms with Crippen LogP contribution in [-0.2, 0) is 11.1 Å². The van der Waals surface area contributed by atoms with E-state index >= 15 is 0 Å². The smallest absolute Gasteiger partial charge is 0.263 e. The van der Waals surface area contributed by atoms with Crippen LogP contribution in [0.3, 0.4) is 0 Å². The zero-order valence-electron chi connectivity index (χ0n) is 17.0. The molecule has 0 aliphatic carbocycles. The van der Waals surface area contributed by atoms with Crippen molar-refractivity contribution in [3.8, 4) is 0 Å². The lowest BCUT2D eigenvalue weighted by Gasteiger charge is -2.29. The predicted molar refractivity (Wildman–Crippen MR) is 127 cm³/mol. The number of anilines is 2. The molecule has 1 atom stereocenters. The molecule has 0 bridgehead atoms. The third-order valence-electron chi connectivity index (χ3n) is 5.58. The second kappa shape index (κ2) is 8.55. The van der Waals surface area contributed by atoms with Gasteiger partial charge in [-0.3, -0.25) is 4.79 Å². The number of aromatic nitrogens is 2. The maximum Gasteiger partial charge on any atom is 0.263 e. The number of carbonyl (C=O) groups excluding carboxylic acids is 1. The van der Waals surface area contributed by atoms with Gasteiger partial charge in [-0.05, 0) is 49.2 Å². The Labute approximate surface area is 190 Å². The summed E-state index contributed by atoms with van der Waals surface area (Å²) in [5.41, 5.74) is 7.33. The monoisotopic (exact) mass is 467 g/mol. The van der Waals surface area contributed by atoms with Gasteiger partial charge in [0.25, 0.3) is 5.91 Å². The Kier molecular flexibility index (Phi) is 5.60. The van der Waals surface area contributed by atoms with Crippen LogP contribution in [0.25, 0.3) is 21.0 Å². The summed E-state index contributed by atoms with van der Waals surface area (Å²) in [5.74, 6) is 0.405. The summed E-state index contributed by atoms with van der Waals surface area (Å²) in [6.45, 7) is 1.37. The molecule has 2 aromatic carbocycles. The fraction of sp³-hybridized carbons (Fsp3) is 0.227. The Hall–Kier alpha value is -2.92. The molecule has 1 aliphatic rings. The molecule has 1 amide bonds. The first-order chi connectivity index (χ1) is 15.5. The average Bonchev–Trinajstić information content (AvgIpc) is 3.24. The number of fused-ring (bicyclic) bond motifs is 3. The zero-order chi connectivity index (χ0) is 22.2. The van der Waals surface area contributed by atoms with E-state index in [1.54, 1.807) is 30.5 Å². The predicted octanol–water partition coefficient (Wildman–Crippen LogP) is 3.73.